The van der Waals surface area contributed by atoms with Gasteiger partial charge in [-0.05, 0) is 143 Å². The molecule has 12 rings (SSSR count). The van der Waals surface area contributed by atoms with Crippen molar-refractivity contribution in [3.63, 3.8) is 0 Å². The summed E-state index contributed by atoms with van der Waals surface area (Å²) >= 11 is 0. The normalized spacial score (nSPS) is 31.5. The van der Waals surface area contributed by atoms with E-state index in [-0.39, 0.29) is 72.9 Å². The summed E-state index contributed by atoms with van der Waals surface area (Å²) in [5.74, 6) is -1.18. The summed E-state index contributed by atoms with van der Waals surface area (Å²) in [5, 5.41) is 0.279. The molecule has 2 amide bonds. The monoisotopic (exact) mass is 897 g/mol. The number of benzene rings is 2. The van der Waals surface area contributed by atoms with Crippen LogP contribution in [0, 0.1) is 46.3 Å². The van der Waals surface area contributed by atoms with Gasteiger partial charge in [-0.25, -0.2) is 35.8 Å². The molecule has 5 atom stereocenters. The van der Waals surface area contributed by atoms with Crippen LogP contribution in [0.3, 0.4) is 0 Å². The lowest BCUT2D eigenvalue weighted by molar-refractivity contribution is -0.121. The number of nitrogens with one attached hydrogen (secondary N) is 4. The molecular weight excluding hydrogens is 851 g/mol. The Balaban J connectivity index is 0.793. The minimum absolute atomic E-state index is 0.0142. The number of ketones is 1. The van der Waals surface area contributed by atoms with Crippen molar-refractivity contribution in [2.45, 2.75) is 112 Å². The summed E-state index contributed by atoms with van der Waals surface area (Å²) in [6, 6.07) is 8.21. The first-order valence-corrected chi connectivity index (χ1v) is 25.0. The first kappa shape index (κ1) is 39.6. The van der Waals surface area contributed by atoms with Gasteiger partial charge in [0.15, 0.2) is 5.78 Å². The number of fused-ring (bicyclic) bond motifs is 4. The summed E-state index contributed by atoms with van der Waals surface area (Å²) in [4.78, 5) is 81.9. The largest absolute Gasteiger partial charge is 0.350 e. The van der Waals surface area contributed by atoms with Crippen molar-refractivity contribution < 1.29 is 31.2 Å². The second-order valence-corrected chi connectivity index (χ2v) is 23.7. The third-order valence-electron chi connectivity index (χ3n) is 16.0. The van der Waals surface area contributed by atoms with E-state index in [1.807, 2.05) is 6.92 Å². The number of amides is 2. The number of carbonyl (C=O) groups excluding carboxylic acids is 3. The van der Waals surface area contributed by atoms with Gasteiger partial charge < -0.3 is 0 Å². The molecule has 8 saturated carbocycles. The summed E-state index contributed by atoms with van der Waals surface area (Å²) < 4.78 is 63.7. The maximum Gasteiger partial charge on any atom is 0.350 e. The summed E-state index contributed by atoms with van der Waals surface area (Å²) in [6.07, 6.45) is 9.08. The molecule has 8 fully saturated rings. The molecule has 63 heavy (non-hydrogen) atoms. The Morgan fingerprint density at radius 1 is 0.762 bits per heavy atom. The van der Waals surface area contributed by atoms with Crippen LogP contribution in [0.15, 0.2) is 66.8 Å². The molecule has 0 radical (unpaired) electrons. The second-order valence-electron chi connectivity index (χ2n) is 20.3. The fourth-order valence-electron chi connectivity index (χ4n) is 10.6. The molecule has 2 aromatic heterocycles. The Labute approximate surface area is 361 Å². The zero-order valence-electron chi connectivity index (χ0n) is 34.7. The second kappa shape index (κ2) is 12.4. The molecule has 0 spiro atoms. The number of pyridine rings is 1. The van der Waals surface area contributed by atoms with Gasteiger partial charge in [0, 0.05) is 35.3 Å². The number of rotatable bonds is 16. The predicted molar refractivity (Wildman–Crippen MR) is 228 cm³/mol. The minimum Gasteiger partial charge on any atom is -0.294 e. The zero-order chi connectivity index (χ0) is 44.0. The van der Waals surface area contributed by atoms with Crippen LogP contribution in [-0.2, 0) is 36.2 Å². The number of hydrogen-bond donors (Lipinski definition) is 4. The molecule has 2 heterocycles. The van der Waals surface area contributed by atoms with Gasteiger partial charge in [0.1, 0.15) is 0 Å². The van der Waals surface area contributed by atoms with Gasteiger partial charge in [-0.2, -0.15) is 4.68 Å². The quantitative estimate of drug-likeness (QED) is 0.120. The first-order valence-electron chi connectivity index (χ1n) is 22.1. The Morgan fingerprint density at radius 2 is 1.43 bits per heavy atom. The molecule has 8 aliphatic carbocycles. The highest BCUT2D eigenvalue weighted by Crippen LogP contribution is 2.86. The standard InChI is InChI=1S/C44H47N7O10S2/c1-3-42(12-13-42)48-63(60,61)26-9-11-33-29(15-26)37(54)51(40(57)49(33)20-22-4-5-22)46-39(56)44-19-32(44)34(44)31-18-41(31,2)47-62(58,59)25-8-10-27-28(14-25)36(53)50(21-30(27)35(52)23-6-7-23)45-38(55)43-16-24(43)17-43/h8-11,14-15,21-24,31-32,34,47-48H,3-7,12-13,16-20H2,1-2H3,(H,45,55)(H,46,56). The van der Waals surface area contributed by atoms with E-state index < -0.39 is 64.7 Å². The molecule has 330 valence electrons. The number of nitrogens with zero attached hydrogens (tertiary/aromatic N) is 3. The third-order valence-corrected chi connectivity index (χ3v) is 19.2. The van der Waals surface area contributed by atoms with Crippen LogP contribution in [-0.4, -0.2) is 59.4 Å². The lowest BCUT2D eigenvalue weighted by Gasteiger charge is -2.19. The fraction of sp³-hybridized carbons (Fsp3) is 0.545. The van der Waals surface area contributed by atoms with Crippen LogP contribution in [0.25, 0.3) is 21.7 Å². The molecule has 2 aromatic carbocycles. The zero-order valence-corrected chi connectivity index (χ0v) is 36.4. The third kappa shape index (κ3) is 6.04. The van der Waals surface area contributed by atoms with Crippen molar-refractivity contribution in [3.05, 3.63) is 79.4 Å². The fourth-order valence-corrected chi connectivity index (χ4v) is 13.7. The maximum absolute atomic E-state index is 14.1. The molecule has 19 heteroatoms. The number of hydrogen-bond acceptors (Lipinski definition) is 10. The molecular formula is C44H47N7O10S2. The maximum atomic E-state index is 14.1. The lowest BCUT2D eigenvalue weighted by atomic mass is 9.98. The lowest BCUT2D eigenvalue weighted by Crippen LogP contribution is -2.48. The Hall–Kier alpha value is -4.98. The van der Waals surface area contributed by atoms with E-state index in [1.54, 1.807) is 6.92 Å². The highest BCUT2D eigenvalue weighted by Gasteiger charge is 2.88. The number of aromatic nitrogens is 3. The van der Waals surface area contributed by atoms with E-state index in [1.165, 1.54) is 47.2 Å². The van der Waals surface area contributed by atoms with Gasteiger partial charge in [-0.3, -0.25) is 39.4 Å². The molecule has 0 saturated heterocycles. The van der Waals surface area contributed by atoms with E-state index in [0.717, 1.165) is 30.4 Å². The van der Waals surface area contributed by atoms with Crippen LogP contribution in [0.5, 0.6) is 0 Å². The highest BCUT2D eigenvalue weighted by molar-refractivity contribution is 7.89. The van der Waals surface area contributed by atoms with Gasteiger partial charge >= 0.3 is 5.69 Å². The van der Waals surface area contributed by atoms with Crippen LogP contribution in [0.1, 0.15) is 94.8 Å². The van der Waals surface area contributed by atoms with Crippen molar-refractivity contribution in [1.82, 2.24) is 23.4 Å². The van der Waals surface area contributed by atoms with Crippen molar-refractivity contribution in [2.75, 3.05) is 10.9 Å². The molecule has 4 N–H and O–H groups in total. The molecule has 17 nitrogen and oxygen atoms in total. The van der Waals surface area contributed by atoms with E-state index in [0.29, 0.717) is 67.5 Å². The number of carbonyl (C=O) groups is 3. The minimum atomic E-state index is -4.25. The van der Waals surface area contributed by atoms with Crippen molar-refractivity contribution in [1.29, 1.82) is 0 Å². The molecule has 0 bridgehead atoms. The van der Waals surface area contributed by atoms with Crippen molar-refractivity contribution in [2.24, 2.45) is 46.3 Å². The van der Waals surface area contributed by atoms with Gasteiger partial charge in [0.05, 0.1) is 36.9 Å². The topological polar surface area (TPSA) is 234 Å². The number of sulfonamides is 2. The predicted octanol–water partition coefficient (Wildman–Crippen LogP) is 2.65. The van der Waals surface area contributed by atoms with Gasteiger partial charge in [0.25, 0.3) is 11.1 Å². The van der Waals surface area contributed by atoms with E-state index in [2.05, 4.69) is 20.3 Å². The molecule has 0 aliphatic heterocycles. The average Bonchev–Trinajstić information content (AvgIpc) is 3.99. The summed E-state index contributed by atoms with van der Waals surface area (Å²) in [6.45, 7) is 3.97. The van der Waals surface area contributed by atoms with Crippen molar-refractivity contribution >= 4 is 59.3 Å². The Kier molecular flexibility index (Phi) is 7.81. The average molecular weight is 898 g/mol. The highest BCUT2D eigenvalue weighted by atomic mass is 32.2. The van der Waals surface area contributed by atoms with Crippen LogP contribution < -0.4 is 37.1 Å². The SMILES string of the molecule is CCC1(NS(=O)(=O)c2ccc3c(c2)c(=O)n(NC(=O)C24CC2C4C2CC2(C)NS(=O)(=O)c2ccc4c(C(=O)C5CC5)cn(NC(=O)C56CC5C6)c(=O)c4c2)c(=O)n3CC2CC2)CC1. The molecule has 4 aromatic rings. The van der Waals surface area contributed by atoms with E-state index >= 15 is 0 Å². The van der Waals surface area contributed by atoms with Gasteiger partial charge in [-0.1, -0.05) is 13.0 Å². The Morgan fingerprint density at radius 3 is 2.05 bits per heavy atom. The van der Waals surface area contributed by atoms with Crippen LogP contribution in [0.4, 0.5) is 0 Å². The van der Waals surface area contributed by atoms with Crippen LogP contribution >= 0.6 is 0 Å². The molecule has 8 aliphatic rings. The smallest absolute Gasteiger partial charge is 0.294 e. The van der Waals surface area contributed by atoms with Crippen molar-refractivity contribution in [3.8, 4) is 0 Å². The number of Topliss-reactive ketones (excluding diaryl/α,β-unsaturated/α-hetero) is 1. The Bertz CT molecular complexity index is 3250. The summed E-state index contributed by atoms with van der Waals surface area (Å²) in [7, 11) is -8.24. The van der Waals surface area contributed by atoms with Gasteiger partial charge in [-0.15, -0.1) is 0 Å². The summed E-state index contributed by atoms with van der Waals surface area (Å²) in [5.41, 5.74) is 0.782. The van der Waals surface area contributed by atoms with Gasteiger partial charge in [0.2, 0.25) is 31.9 Å². The molecule has 5 unspecified atom stereocenters. The van der Waals surface area contributed by atoms with E-state index in [4.69, 9.17) is 0 Å². The van der Waals surface area contributed by atoms with E-state index in [9.17, 15) is 45.6 Å². The van der Waals surface area contributed by atoms with Crippen LogP contribution in [0.2, 0.25) is 0 Å². The first-order chi connectivity index (χ1) is 29.8.